The van der Waals surface area contributed by atoms with Crippen LogP contribution in [0.25, 0.3) is 0 Å². The van der Waals surface area contributed by atoms with Gasteiger partial charge in [0.25, 0.3) is 0 Å². The molecule has 0 spiro atoms. The van der Waals surface area contributed by atoms with E-state index in [9.17, 15) is 4.79 Å². The van der Waals surface area contributed by atoms with E-state index in [1.54, 1.807) is 17.0 Å². The van der Waals surface area contributed by atoms with E-state index >= 15 is 0 Å². The highest BCUT2D eigenvalue weighted by atomic mass is 35.5. The fourth-order valence-corrected chi connectivity index (χ4v) is 2.85. The van der Waals surface area contributed by atoms with Crippen molar-refractivity contribution in [3.05, 3.63) is 34.9 Å². The van der Waals surface area contributed by atoms with Crippen LogP contribution in [0, 0.1) is 11.3 Å². The van der Waals surface area contributed by atoms with Gasteiger partial charge in [0, 0.05) is 11.1 Å². The molecule has 4 heteroatoms. The molecular weight excluding hydrogens is 260 g/mol. The van der Waals surface area contributed by atoms with Crippen LogP contribution in [0.4, 0.5) is 0 Å². The molecule has 0 atom stereocenters. The Morgan fingerprint density at radius 3 is 2.79 bits per heavy atom. The van der Waals surface area contributed by atoms with E-state index in [-0.39, 0.29) is 18.5 Å². The molecule has 2 rings (SSSR count). The molecule has 1 aliphatic rings. The van der Waals surface area contributed by atoms with E-state index in [2.05, 4.69) is 6.07 Å². The van der Waals surface area contributed by atoms with Crippen LogP contribution in [0.3, 0.4) is 0 Å². The normalized spacial score (nSPS) is 15.2. The number of halogens is 1. The molecule has 1 fully saturated rings. The molecule has 3 nitrogen and oxygen atoms in total. The Labute approximate surface area is 118 Å². The fourth-order valence-electron chi connectivity index (χ4n) is 2.64. The van der Waals surface area contributed by atoms with Crippen molar-refractivity contribution in [2.45, 2.75) is 38.1 Å². The van der Waals surface area contributed by atoms with Crippen LogP contribution in [0.5, 0.6) is 0 Å². The van der Waals surface area contributed by atoms with Gasteiger partial charge in [0.05, 0.1) is 12.5 Å². The molecule has 1 aromatic rings. The van der Waals surface area contributed by atoms with Gasteiger partial charge in [-0.2, -0.15) is 5.26 Å². The lowest BCUT2D eigenvalue weighted by Gasteiger charge is -2.26. The molecule has 0 heterocycles. The minimum absolute atomic E-state index is 0.0238. The maximum atomic E-state index is 12.3. The minimum atomic E-state index is 0.0238. The van der Waals surface area contributed by atoms with Crippen LogP contribution in [0.1, 0.15) is 31.2 Å². The molecule has 1 aliphatic carbocycles. The van der Waals surface area contributed by atoms with Crippen molar-refractivity contribution in [3.63, 3.8) is 0 Å². The summed E-state index contributed by atoms with van der Waals surface area (Å²) >= 11 is 5.92. The number of rotatable bonds is 4. The molecular formula is C15H17ClN2O. The van der Waals surface area contributed by atoms with E-state index in [4.69, 9.17) is 16.9 Å². The van der Waals surface area contributed by atoms with Crippen LogP contribution in [-0.2, 0) is 11.2 Å². The van der Waals surface area contributed by atoms with Crippen molar-refractivity contribution in [3.8, 4) is 6.07 Å². The number of hydrogen-bond donors (Lipinski definition) is 0. The molecule has 1 saturated carbocycles. The van der Waals surface area contributed by atoms with Gasteiger partial charge in [-0.25, -0.2) is 0 Å². The second-order valence-electron chi connectivity index (χ2n) is 4.92. The summed E-state index contributed by atoms with van der Waals surface area (Å²) in [6, 6.07) is 9.67. The summed E-state index contributed by atoms with van der Waals surface area (Å²) in [6.07, 6.45) is 4.65. The van der Waals surface area contributed by atoms with Gasteiger partial charge < -0.3 is 4.90 Å². The van der Waals surface area contributed by atoms with Gasteiger partial charge in [-0.3, -0.25) is 4.79 Å². The van der Waals surface area contributed by atoms with Crippen molar-refractivity contribution in [1.29, 1.82) is 5.26 Å². The first-order valence-corrected chi connectivity index (χ1v) is 6.99. The van der Waals surface area contributed by atoms with Crippen LogP contribution >= 0.6 is 11.6 Å². The van der Waals surface area contributed by atoms with Crippen LogP contribution in [0.2, 0.25) is 5.02 Å². The van der Waals surface area contributed by atoms with Gasteiger partial charge in [0.1, 0.15) is 6.54 Å². The maximum absolute atomic E-state index is 12.3. The van der Waals surface area contributed by atoms with Gasteiger partial charge in [0.2, 0.25) is 5.91 Å². The maximum Gasteiger partial charge on any atom is 0.228 e. The highest BCUT2D eigenvalue weighted by molar-refractivity contribution is 6.30. The zero-order valence-corrected chi connectivity index (χ0v) is 11.6. The Morgan fingerprint density at radius 2 is 2.16 bits per heavy atom. The minimum Gasteiger partial charge on any atom is -0.326 e. The van der Waals surface area contributed by atoms with Gasteiger partial charge in [-0.15, -0.1) is 0 Å². The second kappa shape index (κ2) is 6.58. The number of carbonyl (C=O) groups excluding carboxylic acids is 1. The number of carbonyl (C=O) groups is 1. The largest absolute Gasteiger partial charge is 0.326 e. The molecule has 1 amide bonds. The van der Waals surface area contributed by atoms with Gasteiger partial charge >= 0.3 is 0 Å². The Bertz CT molecular complexity index is 489. The first kappa shape index (κ1) is 13.9. The number of benzene rings is 1. The molecule has 19 heavy (non-hydrogen) atoms. The zero-order valence-electron chi connectivity index (χ0n) is 10.8. The summed E-state index contributed by atoms with van der Waals surface area (Å²) in [7, 11) is 0. The Hall–Kier alpha value is -1.53. The smallest absolute Gasteiger partial charge is 0.228 e. The summed E-state index contributed by atoms with van der Waals surface area (Å²) in [5.41, 5.74) is 0.901. The Balaban J connectivity index is 2.05. The molecule has 0 N–H and O–H groups in total. The second-order valence-corrected chi connectivity index (χ2v) is 5.36. The molecule has 100 valence electrons. The number of nitrogens with zero attached hydrogens (tertiary/aromatic N) is 2. The van der Waals surface area contributed by atoms with Crippen molar-refractivity contribution >= 4 is 17.5 Å². The highest BCUT2D eigenvalue weighted by Gasteiger charge is 2.26. The van der Waals surface area contributed by atoms with E-state index in [1.807, 2.05) is 12.1 Å². The molecule has 0 aliphatic heterocycles. The Morgan fingerprint density at radius 1 is 1.42 bits per heavy atom. The average molecular weight is 277 g/mol. The number of hydrogen-bond acceptors (Lipinski definition) is 2. The lowest BCUT2D eigenvalue weighted by molar-refractivity contribution is -0.132. The van der Waals surface area contributed by atoms with Crippen molar-refractivity contribution in [1.82, 2.24) is 4.90 Å². The summed E-state index contributed by atoms with van der Waals surface area (Å²) in [5, 5.41) is 9.53. The SMILES string of the molecule is N#CCN(C(=O)Cc1cccc(Cl)c1)C1CCCC1. The van der Waals surface area contributed by atoms with Gasteiger partial charge in [-0.05, 0) is 30.5 Å². The molecule has 0 radical (unpaired) electrons. The van der Waals surface area contributed by atoms with E-state index < -0.39 is 0 Å². The fraction of sp³-hybridized carbons (Fsp3) is 0.467. The van der Waals surface area contributed by atoms with E-state index in [1.165, 1.54) is 0 Å². The third kappa shape index (κ3) is 3.71. The van der Waals surface area contributed by atoms with Gasteiger partial charge in [-0.1, -0.05) is 36.6 Å². The standard InChI is InChI=1S/C15H17ClN2O/c16-13-5-3-4-12(10-13)11-15(19)18(9-8-17)14-6-1-2-7-14/h3-5,10,14H,1-2,6-7,9,11H2. The lowest BCUT2D eigenvalue weighted by Crippen LogP contribution is -2.40. The third-order valence-corrected chi connectivity index (χ3v) is 3.81. The number of nitriles is 1. The molecule has 0 saturated heterocycles. The van der Waals surface area contributed by atoms with Gasteiger partial charge in [0.15, 0.2) is 0 Å². The average Bonchev–Trinajstić information content (AvgIpc) is 2.89. The van der Waals surface area contributed by atoms with Crippen LogP contribution in [0.15, 0.2) is 24.3 Å². The first-order valence-electron chi connectivity index (χ1n) is 6.61. The number of amides is 1. The zero-order chi connectivity index (χ0) is 13.7. The topological polar surface area (TPSA) is 44.1 Å². The van der Waals surface area contributed by atoms with Crippen molar-refractivity contribution in [2.75, 3.05) is 6.54 Å². The Kier molecular flexibility index (Phi) is 4.81. The van der Waals surface area contributed by atoms with Crippen molar-refractivity contribution in [2.24, 2.45) is 0 Å². The summed E-state index contributed by atoms with van der Waals surface area (Å²) in [6.45, 7) is 0.185. The first-order chi connectivity index (χ1) is 9.20. The summed E-state index contributed by atoms with van der Waals surface area (Å²) in [4.78, 5) is 14.1. The monoisotopic (exact) mass is 276 g/mol. The molecule has 0 unspecified atom stereocenters. The van der Waals surface area contributed by atoms with E-state index in [0.717, 1.165) is 31.2 Å². The van der Waals surface area contributed by atoms with Crippen LogP contribution < -0.4 is 0 Å². The molecule has 0 bridgehead atoms. The highest BCUT2D eigenvalue weighted by Crippen LogP contribution is 2.24. The molecule has 1 aromatic carbocycles. The quantitative estimate of drug-likeness (QED) is 0.793. The van der Waals surface area contributed by atoms with Crippen LogP contribution in [-0.4, -0.2) is 23.4 Å². The van der Waals surface area contributed by atoms with Crippen molar-refractivity contribution < 1.29 is 4.79 Å². The van der Waals surface area contributed by atoms with E-state index in [0.29, 0.717) is 11.4 Å². The summed E-state index contributed by atoms with van der Waals surface area (Å²) in [5.74, 6) is 0.0238. The predicted molar refractivity (Wildman–Crippen MR) is 74.7 cm³/mol. The molecule has 0 aromatic heterocycles. The lowest BCUT2D eigenvalue weighted by atomic mass is 10.1. The predicted octanol–water partition coefficient (Wildman–Crippen LogP) is 3.18. The third-order valence-electron chi connectivity index (χ3n) is 3.57. The summed E-state index contributed by atoms with van der Waals surface area (Å²) < 4.78 is 0.